The van der Waals surface area contributed by atoms with Crippen molar-refractivity contribution >= 4 is 34.6 Å². The van der Waals surface area contributed by atoms with Gasteiger partial charge >= 0.3 is 11.6 Å². The Kier molecular flexibility index (Phi) is 8.77. The fraction of sp³-hybridized carbons (Fsp3) is 0.500. The maximum absolute atomic E-state index is 12.4. The largest absolute Gasteiger partial charge is 0.480 e. The third kappa shape index (κ3) is 6.01. The van der Waals surface area contributed by atoms with Crippen molar-refractivity contribution in [2.45, 2.75) is 58.6 Å². The van der Waals surface area contributed by atoms with E-state index in [4.69, 9.17) is 9.15 Å². The Morgan fingerprint density at radius 3 is 2.70 bits per heavy atom. The SMILES string of the molecule is CCCCc1cc(=O)oc2c(C)c(O[C@@H](C)C(=O)N[C@@H](CCSC)C(=O)O)ccc12. The monoisotopic (exact) mass is 435 g/mol. The summed E-state index contributed by atoms with van der Waals surface area (Å²) in [6, 6.07) is 4.13. The van der Waals surface area contributed by atoms with Gasteiger partial charge < -0.3 is 19.6 Å². The van der Waals surface area contributed by atoms with Crippen LogP contribution in [0.5, 0.6) is 5.75 Å². The fourth-order valence-electron chi connectivity index (χ4n) is 3.14. The third-order valence-corrected chi connectivity index (χ3v) is 5.54. The quantitative estimate of drug-likeness (QED) is 0.520. The summed E-state index contributed by atoms with van der Waals surface area (Å²) in [5, 5.41) is 12.7. The average Bonchev–Trinajstić information content (AvgIpc) is 2.71. The van der Waals surface area contributed by atoms with Crippen molar-refractivity contribution in [3.05, 3.63) is 39.7 Å². The van der Waals surface area contributed by atoms with Gasteiger partial charge in [-0.15, -0.1) is 0 Å². The van der Waals surface area contributed by atoms with Crippen LogP contribution in [0, 0.1) is 6.92 Å². The molecule has 0 spiro atoms. The number of nitrogens with one attached hydrogen (secondary N) is 1. The number of carboxylic acids is 1. The number of fused-ring (bicyclic) bond motifs is 1. The van der Waals surface area contributed by atoms with Gasteiger partial charge in [-0.05, 0) is 62.8 Å². The van der Waals surface area contributed by atoms with E-state index in [2.05, 4.69) is 12.2 Å². The van der Waals surface area contributed by atoms with Gasteiger partial charge in [0.25, 0.3) is 5.91 Å². The topological polar surface area (TPSA) is 106 Å². The van der Waals surface area contributed by atoms with Crippen LogP contribution in [0.15, 0.2) is 27.4 Å². The molecular weight excluding hydrogens is 406 g/mol. The van der Waals surface area contributed by atoms with Crippen LogP contribution in [-0.4, -0.2) is 41.1 Å². The number of rotatable bonds is 11. The summed E-state index contributed by atoms with van der Waals surface area (Å²) in [6.45, 7) is 5.42. The van der Waals surface area contributed by atoms with Gasteiger partial charge in [0.2, 0.25) is 0 Å². The molecule has 1 heterocycles. The lowest BCUT2D eigenvalue weighted by molar-refractivity contribution is -0.142. The van der Waals surface area contributed by atoms with E-state index in [0.29, 0.717) is 29.1 Å². The lowest BCUT2D eigenvalue weighted by Crippen LogP contribution is -2.46. The van der Waals surface area contributed by atoms with Gasteiger partial charge in [0.1, 0.15) is 17.4 Å². The van der Waals surface area contributed by atoms with Gasteiger partial charge in [-0.3, -0.25) is 4.79 Å². The molecule has 30 heavy (non-hydrogen) atoms. The molecule has 1 aromatic carbocycles. The smallest absolute Gasteiger partial charge is 0.336 e. The fourth-order valence-corrected chi connectivity index (χ4v) is 3.61. The number of carboxylic acid groups (broad SMARTS) is 1. The number of amides is 1. The number of benzene rings is 1. The number of carbonyl (C=O) groups is 2. The molecule has 2 rings (SSSR count). The molecule has 8 heteroatoms. The number of hydrogen-bond donors (Lipinski definition) is 2. The lowest BCUT2D eigenvalue weighted by Gasteiger charge is -2.20. The van der Waals surface area contributed by atoms with E-state index < -0.39 is 29.6 Å². The zero-order valence-corrected chi connectivity index (χ0v) is 18.6. The summed E-state index contributed by atoms with van der Waals surface area (Å²) in [6.07, 6.45) is 4.06. The molecule has 164 valence electrons. The van der Waals surface area contributed by atoms with Crippen molar-refractivity contribution in [2.75, 3.05) is 12.0 Å². The van der Waals surface area contributed by atoms with Gasteiger partial charge in [0.05, 0.1) is 0 Å². The minimum absolute atomic E-state index is 0.329. The second-order valence-corrected chi connectivity index (χ2v) is 8.19. The molecule has 1 aromatic heterocycles. The summed E-state index contributed by atoms with van der Waals surface area (Å²) in [4.78, 5) is 35.8. The highest BCUT2D eigenvalue weighted by Gasteiger charge is 2.24. The minimum atomic E-state index is -1.08. The Hall–Kier alpha value is -2.48. The van der Waals surface area contributed by atoms with Crippen LogP contribution in [0.25, 0.3) is 11.0 Å². The van der Waals surface area contributed by atoms with Crippen molar-refractivity contribution in [2.24, 2.45) is 0 Å². The molecule has 2 atom stereocenters. The Morgan fingerprint density at radius 2 is 2.07 bits per heavy atom. The van der Waals surface area contributed by atoms with Gasteiger partial charge in [0, 0.05) is 17.0 Å². The first kappa shape index (κ1) is 23.8. The molecular formula is C22H29NO6S. The van der Waals surface area contributed by atoms with Crippen molar-refractivity contribution in [1.82, 2.24) is 5.32 Å². The minimum Gasteiger partial charge on any atom is -0.480 e. The number of unbranched alkanes of at least 4 members (excludes halogenated alkanes) is 1. The zero-order valence-electron chi connectivity index (χ0n) is 17.8. The van der Waals surface area contributed by atoms with Gasteiger partial charge in [-0.2, -0.15) is 11.8 Å². The number of ether oxygens (including phenoxy) is 1. The van der Waals surface area contributed by atoms with E-state index >= 15 is 0 Å². The van der Waals surface area contributed by atoms with Crippen LogP contribution in [0.2, 0.25) is 0 Å². The van der Waals surface area contributed by atoms with Crippen molar-refractivity contribution in [3.63, 3.8) is 0 Å². The first-order valence-electron chi connectivity index (χ1n) is 10.0. The maximum Gasteiger partial charge on any atom is 0.336 e. The molecule has 2 N–H and O–H groups in total. The molecule has 0 bridgehead atoms. The molecule has 0 saturated heterocycles. The Labute approximate surface area is 180 Å². The Balaban J connectivity index is 2.22. The Morgan fingerprint density at radius 1 is 1.33 bits per heavy atom. The van der Waals surface area contributed by atoms with Crippen LogP contribution in [-0.2, 0) is 16.0 Å². The van der Waals surface area contributed by atoms with E-state index in [1.54, 1.807) is 19.9 Å². The zero-order chi connectivity index (χ0) is 22.3. The Bertz CT molecular complexity index is 955. The van der Waals surface area contributed by atoms with Gasteiger partial charge in [-0.1, -0.05) is 13.3 Å². The lowest BCUT2D eigenvalue weighted by atomic mass is 10.0. The highest BCUT2D eigenvalue weighted by molar-refractivity contribution is 7.98. The summed E-state index contributed by atoms with van der Waals surface area (Å²) in [5.41, 5.74) is 1.58. The summed E-state index contributed by atoms with van der Waals surface area (Å²) < 4.78 is 11.2. The molecule has 0 unspecified atom stereocenters. The predicted octanol–water partition coefficient (Wildman–Crippen LogP) is 3.53. The number of thioether (sulfide) groups is 1. The average molecular weight is 436 g/mol. The molecule has 1 amide bonds. The van der Waals surface area contributed by atoms with Crippen LogP contribution >= 0.6 is 11.8 Å². The van der Waals surface area contributed by atoms with Crippen molar-refractivity contribution < 1.29 is 23.8 Å². The molecule has 0 radical (unpaired) electrons. The summed E-state index contributed by atoms with van der Waals surface area (Å²) in [5.74, 6) is -0.554. The predicted molar refractivity (Wildman–Crippen MR) is 118 cm³/mol. The normalized spacial score (nSPS) is 13.1. The molecule has 0 aliphatic carbocycles. The van der Waals surface area contributed by atoms with Crippen LogP contribution in [0.3, 0.4) is 0 Å². The number of carbonyl (C=O) groups excluding carboxylic acids is 1. The van der Waals surface area contributed by atoms with E-state index in [-0.39, 0.29) is 0 Å². The number of aryl methyl sites for hydroxylation is 2. The van der Waals surface area contributed by atoms with Gasteiger partial charge in [0.15, 0.2) is 6.10 Å². The molecule has 7 nitrogen and oxygen atoms in total. The molecule has 2 aromatic rings. The highest BCUT2D eigenvalue weighted by atomic mass is 32.2. The second-order valence-electron chi connectivity index (χ2n) is 7.20. The third-order valence-electron chi connectivity index (χ3n) is 4.89. The maximum atomic E-state index is 12.4. The second kappa shape index (κ2) is 11.1. The summed E-state index contributed by atoms with van der Waals surface area (Å²) in [7, 11) is 0. The standard InChI is InChI=1S/C22H29NO6S/c1-5-6-7-15-12-19(24)29-20-13(2)18(9-8-16(15)20)28-14(3)21(25)23-17(22(26)27)10-11-30-4/h8-9,12,14,17H,5-7,10-11H2,1-4H3,(H,23,25)(H,26,27)/t14-,17-/m0/s1. The van der Waals surface area contributed by atoms with E-state index in [1.807, 2.05) is 12.3 Å². The first-order chi connectivity index (χ1) is 14.3. The van der Waals surface area contributed by atoms with Gasteiger partial charge in [-0.25, -0.2) is 9.59 Å². The number of hydrogen-bond acceptors (Lipinski definition) is 6. The summed E-state index contributed by atoms with van der Waals surface area (Å²) >= 11 is 1.51. The first-order valence-corrected chi connectivity index (χ1v) is 11.4. The van der Waals surface area contributed by atoms with Crippen LogP contribution in [0.4, 0.5) is 0 Å². The molecule has 0 aliphatic rings. The van der Waals surface area contributed by atoms with Crippen molar-refractivity contribution in [3.8, 4) is 5.75 Å². The molecule has 0 fully saturated rings. The van der Waals surface area contributed by atoms with Crippen LogP contribution < -0.4 is 15.7 Å². The molecule has 0 aliphatic heterocycles. The van der Waals surface area contributed by atoms with Crippen molar-refractivity contribution in [1.29, 1.82) is 0 Å². The number of aliphatic carboxylic acids is 1. The van der Waals surface area contributed by atoms with E-state index in [9.17, 15) is 19.5 Å². The van der Waals surface area contributed by atoms with E-state index in [0.717, 1.165) is 30.2 Å². The van der Waals surface area contributed by atoms with Crippen LogP contribution in [0.1, 0.15) is 44.2 Å². The molecule has 0 saturated carbocycles. The highest BCUT2D eigenvalue weighted by Crippen LogP contribution is 2.29. The van der Waals surface area contributed by atoms with E-state index in [1.165, 1.54) is 17.8 Å².